The first-order chi connectivity index (χ1) is 6.27. The minimum absolute atomic E-state index is 0.443. The van der Waals surface area contributed by atoms with Crippen LogP contribution >= 0.6 is 15.9 Å². The molecule has 0 radical (unpaired) electrons. The lowest BCUT2D eigenvalue weighted by atomic mass is 10.2. The number of tetrazole rings is 1. The molecule has 0 atom stereocenters. The minimum Gasteiger partial charge on any atom is -0.398 e. The molecule has 0 aliphatic carbocycles. The van der Waals surface area contributed by atoms with Gasteiger partial charge >= 0.3 is 0 Å². The van der Waals surface area contributed by atoms with Gasteiger partial charge in [0.05, 0.1) is 0 Å². The fraction of sp³-hybridized carbons (Fsp3) is 0. The maximum absolute atomic E-state index is 5.72. The summed E-state index contributed by atoms with van der Waals surface area (Å²) in [7, 11) is 0. The fourth-order valence-electron chi connectivity index (χ4n) is 0.975. The summed E-state index contributed by atoms with van der Waals surface area (Å²) in [4.78, 5) is 0. The number of nitrogens with two attached hydrogens (primary N) is 1. The highest BCUT2D eigenvalue weighted by molar-refractivity contribution is 9.10. The summed E-state index contributed by atoms with van der Waals surface area (Å²) in [5.41, 5.74) is 7.07. The van der Waals surface area contributed by atoms with Gasteiger partial charge in [0.1, 0.15) is 0 Å². The molecule has 13 heavy (non-hydrogen) atoms. The van der Waals surface area contributed by atoms with Crippen LogP contribution in [-0.4, -0.2) is 15.5 Å². The van der Waals surface area contributed by atoms with Crippen molar-refractivity contribution in [2.75, 3.05) is 5.73 Å². The van der Waals surface area contributed by atoms with E-state index in [1.54, 1.807) is 6.07 Å². The third-order valence-electron chi connectivity index (χ3n) is 1.58. The van der Waals surface area contributed by atoms with Crippen LogP contribution in [0.5, 0.6) is 0 Å². The fourth-order valence-corrected chi connectivity index (χ4v) is 1.34. The molecule has 0 saturated carbocycles. The lowest BCUT2D eigenvalue weighted by Gasteiger charge is -2.04. The van der Waals surface area contributed by atoms with Crippen LogP contribution in [0.15, 0.2) is 22.7 Å². The van der Waals surface area contributed by atoms with Crippen LogP contribution in [0.25, 0.3) is 11.4 Å². The van der Waals surface area contributed by atoms with Crippen molar-refractivity contribution in [2.45, 2.75) is 0 Å². The van der Waals surface area contributed by atoms with E-state index < -0.39 is 0 Å². The van der Waals surface area contributed by atoms with E-state index >= 15 is 0 Å². The maximum atomic E-state index is 5.72. The predicted octanol–water partition coefficient (Wildman–Crippen LogP) is 0.840. The Hall–Kier alpha value is -1.43. The Labute approximate surface area is 82.5 Å². The standard InChI is InChI=1S/C7H5BrN5/c8-4-1-2-6(9)5(3-4)7-10-12-13-11-7/h1-3H,9H2/q-1. The Morgan fingerprint density at radius 1 is 1.38 bits per heavy atom. The lowest BCUT2D eigenvalue weighted by molar-refractivity contribution is 0.871. The average Bonchev–Trinajstić information content (AvgIpc) is 2.61. The van der Waals surface area contributed by atoms with Gasteiger partial charge in [0.2, 0.25) is 0 Å². The van der Waals surface area contributed by atoms with Gasteiger partial charge in [-0.05, 0) is 18.2 Å². The molecule has 5 nitrogen and oxygen atoms in total. The highest BCUT2D eigenvalue weighted by Crippen LogP contribution is 2.25. The SMILES string of the molecule is Nc1ccc(Br)cc1-c1nnn[n-]1. The quantitative estimate of drug-likeness (QED) is 0.746. The number of anilines is 1. The highest BCUT2D eigenvalue weighted by atomic mass is 79.9. The molecule has 0 amide bonds. The van der Waals surface area contributed by atoms with Crippen LogP contribution in [0.2, 0.25) is 0 Å². The number of aromatic nitrogens is 4. The molecule has 0 unspecified atom stereocenters. The number of rotatable bonds is 1. The maximum Gasteiger partial charge on any atom is 0.0418 e. The topological polar surface area (TPSA) is 78.8 Å². The van der Waals surface area contributed by atoms with Crippen molar-refractivity contribution in [1.29, 1.82) is 0 Å². The van der Waals surface area contributed by atoms with E-state index in [-0.39, 0.29) is 0 Å². The molecule has 6 heteroatoms. The van der Waals surface area contributed by atoms with Crippen molar-refractivity contribution in [3.63, 3.8) is 0 Å². The van der Waals surface area contributed by atoms with Gasteiger partial charge in [0, 0.05) is 21.5 Å². The predicted molar refractivity (Wildman–Crippen MR) is 50.7 cm³/mol. The second-order valence-electron chi connectivity index (χ2n) is 2.43. The summed E-state index contributed by atoms with van der Waals surface area (Å²) < 4.78 is 0.918. The Balaban J connectivity index is 2.57. The van der Waals surface area contributed by atoms with Gasteiger partial charge in [-0.1, -0.05) is 15.9 Å². The van der Waals surface area contributed by atoms with E-state index in [1.165, 1.54) is 0 Å². The molecule has 1 aromatic carbocycles. The summed E-state index contributed by atoms with van der Waals surface area (Å²) in [5.74, 6) is 0.443. The zero-order valence-corrected chi connectivity index (χ0v) is 8.06. The summed E-state index contributed by atoms with van der Waals surface area (Å²) in [6.07, 6.45) is 0. The van der Waals surface area contributed by atoms with Crippen LogP contribution in [0.1, 0.15) is 0 Å². The molecule has 2 aromatic rings. The van der Waals surface area contributed by atoms with Gasteiger partial charge < -0.3 is 10.8 Å². The first-order valence-corrected chi connectivity index (χ1v) is 4.31. The van der Waals surface area contributed by atoms with Gasteiger partial charge in [0.25, 0.3) is 0 Å². The highest BCUT2D eigenvalue weighted by Gasteiger charge is 2.00. The van der Waals surface area contributed by atoms with Crippen molar-refractivity contribution in [3.05, 3.63) is 22.7 Å². The molecule has 0 fully saturated rings. The molecule has 66 valence electrons. The first kappa shape index (κ1) is 8.18. The summed E-state index contributed by atoms with van der Waals surface area (Å²) in [6, 6.07) is 5.45. The van der Waals surface area contributed by atoms with E-state index in [0.717, 1.165) is 10.0 Å². The van der Waals surface area contributed by atoms with Crippen molar-refractivity contribution < 1.29 is 0 Å². The Bertz CT molecular complexity index is 411. The van der Waals surface area contributed by atoms with Crippen molar-refractivity contribution in [3.8, 4) is 11.4 Å². The van der Waals surface area contributed by atoms with Gasteiger partial charge in [-0.3, -0.25) is 10.3 Å². The summed E-state index contributed by atoms with van der Waals surface area (Å²) in [6.45, 7) is 0. The number of benzene rings is 1. The zero-order chi connectivity index (χ0) is 9.26. The second kappa shape index (κ2) is 3.14. The number of hydrogen-bond acceptors (Lipinski definition) is 4. The van der Waals surface area contributed by atoms with E-state index in [4.69, 9.17) is 5.73 Å². The Kier molecular flexibility index (Phi) is 1.97. The molecule has 1 aromatic heterocycles. The van der Waals surface area contributed by atoms with E-state index in [9.17, 15) is 0 Å². The van der Waals surface area contributed by atoms with Crippen molar-refractivity contribution in [1.82, 2.24) is 20.6 Å². The van der Waals surface area contributed by atoms with Crippen LogP contribution in [0.4, 0.5) is 5.69 Å². The largest absolute Gasteiger partial charge is 0.398 e. The monoisotopic (exact) mass is 238 g/mol. The van der Waals surface area contributed by atoms with Crippen molar-refractivity contribution >= 4 is 21.6 Å². The van der Waals surface area contributed by atoms with Crippen LogP contribution in [0, 0.1) is 0 Å². The molecule has 2 rings (SSSR count). The average molecular weight is 239 g/mol. The van der Waals surface area contributed by atoms with Crippen LogP contribution in [-0.2, 0) is 0 Å². The Morgan fingerprint density at radius 2 is 2.23 bits per heavy atom. The number of nitrogens with zero attached hydrogens (tertiary/aromatic N) is 4. The molecule has 0 saturated heterocycles. The third kappa shape index (κ3) is 1.52. The third-order valence-corrected chi connectivity index (χ3v) is 2.07. The molecule has 0 bridgehead atoms. The molecule has 0 aliphatic heterocycles. The summed E-state index contributed by atoms with van der Waals surface area (Å²) in [5, 5.41) is 14.2. The molecule has 2 N–H and O–H groups in total. The smallest absolute Gasteiger partial charge is 0.0418 e. The van der Waals surface area contributed by atoms with E-state index in [0.29, 0.717) is 11.5 Å². The first-order valence-electron chi connectivity index (χ1n) is 3.51. The zero-order valence-electron chi connectivity index (χ0n) is 6.48. The molecule has 0 spiro atoms. The second-order valence-corrected chi connectivity index (χ2v) is 3.35. The van der Waals surface area contributed by atoms with Gasteiger partial charge in [-0.2, -0.15) is 5.21 Å². The molecular formula is C7H5BrN5-. The van der Waals surface area contributed by atoms with Gasteiger partial charge in [0.15, 0.2) is 0 Å². The van der Waals surface area contributed by atoms with Crippen molar-refractivity contribution in [2.24, 2.45) is 0 Å². The number of halogens is 1. The van der Waals surface area contributed by atoms with E-state index in [2.05, 4.69) is 36.6 Å². The normalized spacial score (nSPS) is 10.2. The lowest BCUT2D eigenvalue weighted by Crippen LogP contribution is -1.92. The molecule has 1 heterocycles. The van der Waals surface area contributed by atoms with Gasteiger partial charge in [-0.25, -0.2) is 0 Å². The molecular weight excluding hydrogens is 234 g/mol. The molecule has 0 aliphatic rings. The number of nitrogen functional groups attached to an aromatic ring is 1. The number of hydrogen-bond donors (Lipinski definition) is 1. The van der Waals surface area contributed by atoms with Crippen LogP contribution in [0.3, 0.4) is 0 Å². The van der Waals surface area contributed by atoms with Gasteiger partial charge in [-0.15, -0.1) is 0 Å². The minimum atomic E-state index is 0.443. The summed E-state index contributed by atoms with van der Waals surface area (Å²) >= 11 is 3.33. The van der Waals surface area contributed by atoms with E-state index in [1.807, 2.05) is 12.1 Å². The Morgan fingerprint density at radius 3 is 2.92 bits per heavy atom. The van der Waals surface area contributed by atoms with Crippen LogP contribution < -0.4 is 10.8 Å².